The lowest BCUT2D eigenvalue weighted by molar-refractivity contribution is 0.0943. The van der Waals surface area contributed by atoms with Gasteiger partial charge in [-0.3, -0.25) is 4.79 Å². The van der Waals surface area contributed by atoms with Crippen molar-refractivity contribution in [3.05, 3.63) is 21.4 Å². The van der Waals surface area contributed by atoms with Crippen molar-refractivity contribution in [2.75, 3.05) is 13.2 Å². The second-order valence-electron chi connectivity index (χ2n) is 4.91. The predicted octanol–water partition coefficient (Wildman–Crippen LogP) is 2.32. The van der Waals surface area contributed by atoms with Crippen LogP contribution in [0, 0.1) is 24.7 Å². The number of thiophene rings is 1. The summed E-state index contributed by atoms with van der Waals surface area (Å²) in [6.07, 6.45) is 4.24. The quantitative estimate of drug-likeness (QED) is 0.830. The number of aryl methyl sites for hydroxylation is 1. The van der Waals surface area contributed by atoms with Crippen molar-refractivity contribution >= 4 is 17.2 Å². The van der Waals surface area contributed by atoms with Crippen LogP contribution < -0.4 is 5.32 Å². The molecule has 1 aromatic rings. The van der Waals surface area contributed by atoms with Crippen LogP contribution in [0.5, 0.6) is 0 Å². The Morgan fingerprint density at radius 2 is 2.37 bits per heavy atom. The normalized spacial score (nSPS) is 14.4. The Bertz CT molecular complexity index is 506. The summed E-state index contributed by atoms with van der Waals surface area (Å²) in [4.78, 5) is 13.6. The van der Waals surface area contributed by atoms with Crippen molar-refractivity contribution in [1.82, 2.24) is 5.32 Å². The molecule has 0 aliphatic heterocycles. The number of hydrogen-bond donors (Lipinski definition) is 2. The van der Waals surface area contributed by atoms with Crippen LogP contribution in [0.15, 0.2) is 6.07 Å². The molecule has 19 heavy (non-hydrogen) atoms. The van der Waals surface area contributed by atoms with Crippen molar-refractivity contribution in [3.8, 4) is 11.8 Å². The number of rotatable bonds is 4. The van der Waals surface area contributed by atoms with E-state index in [0.29, 0.717) is 12.3 Å². The summed E-state index contributed by atoms with van der Waals surface area (Å²) < 4.78 is 0. The maximum atomic E-state index is 12.0. The van der Waals surface area contributed by atoms with E-state index in [0.717, 1.165) is 21.9 Å². The molecule has 1 amide bonds. The molecule has 0 radical (unpaired) electrons. The summed E-state index contributed by atoms with van der Waals surface area (Å²) in [6.45, 7) is 2.83. The zero-order valence-corrected chi connectivity index (χ0v) is 12.0. The smallest absolute Gasteiger partial charge is 0.261 e. The first-order chi connectivity index (χ1) is 9.20. The molecular weight excluding hydrogens is 258 g/mol. The third-order valence-electron chi connectivity index (χ3n) is 3.36. The summed E-state index contributed by atoms with van der Waals surface area (Å²) in [5.41, 5.74) is 1.03. The van der Waals surface area contributed by atoms with E-state index in [1.54, 1.807) is 0 Å². The molecule has 0 unspecified atom stereocenters. The zero-order valence-electron chi connectivity index (χ0n) is 11.2. The largest absolute Gasteiger partial charge is 0.395 e. The topological polar surface area (TPSA) is 49.3 Å². The molecule has 1 aliphatic carbocycles. The Hall–Kier alpha value is -1.31. The van der Waals surface area contributed by atoms with Crippen LogP contribution in [-0.4, -0.2) is 24.2 Å². The van der Waals surface area contributed by atoms with Crippen molar-refractivity contribution in [1.29, 1.82) is 0 Å². The molecule has 1 fully saturated rings. The molecule has 1 aliphatic rings. The predicted molar refractivity (Wildman–Crippen MR) is 77.3 cm³/mol. The molecule has 1 heterocycles. The van der Waals surface area contributed by atoms with Gasteiger partial charge in [0.05, 0.1) is 16.4 Å². The zero-order chi connectivity index (χ0) is 13.7. The van der Waals surface area contributed by atoms with Crippen LogP contribution >= 0.6 is 11.3 Å². The number of aliphatic hydroxyl groups excluding tert-OH is 1. The van der Waals surface area contributed by atoms with Crippen molar-refractivity contribution in [3.63, 3.8) is 0 Å². The van der Waals surface area contributed by atoms with E-state index >= 15 is 0 Å². The highest BCUT2D eigenvalue weighted by Gasteiger charge is 2.19. The molecule has 102 valence electrons. The van der Waals surface area contributed by atoms with Gasteiger partial charge >= 0.3 is 0 Å². The third-order valence-corrected chi connectivity index (χ3v) is 4.51. The fourth-order valence-corrected chi connectivity index (χ4v) is 2.90. The highest BCUT2D eigenvalue weighted by molar-refractivity contribution is 7.14. The second kappa shape index (κ2) is 6.74. The molecule has 0 saturated heterocycles. The Morgan fingerprint density at radius 1 is 1.58 bits per heavy atom. The summed E-state index contributed by atoms with van der Waals surface area (Å²) in [7, 11) is 0. The maximum Gasteiger partial charge on any atom is 0.261 e. The van der Waals surface area contributed by atoms with Crippen LogP contribution in [0.1, 0.15) is 45.8 Å². The highest BCUT2D eigenvalue weighted by Crippen LogP contribution is 2.26. The molecule has 3 nitrogen and oxygen atoms in total. The number of amides is 1. The summed E-state index contributed by atoms with van der Waals surface area (Å²) in [5.74, 6) is 6.58. The van der Waals surface area contributed by atoms with E-state index in [1.165, 1.54) is 30.6 Å². The SMILES string of the molecule is Cc1cc(C(=O)NCC2CCC2)sc1C#CCCO. The van der Waals surface area contributed by atoms with Gasteiger partial charge in [-0.25, -0.2) is 0 Å². The lowest BCUT2D eigenvalue weighted by Gasteiger charge is -2.25. The molecule has 0 bridgehead atoms. The molecular formula is C15H19NO2S. The first-order valence-corrected chi connectivity index (χ1v) is 7.50. The van der Waals surface area contributed by atoms with Gasteiger partial charge in [0, 0.05) is 13.0 Å². The molecule has 0 atom stereocenters. The average Bonchev–Trinajstić information content (AvgIpc) is 2.69. The van der Waals surface area contributed by atoms with E-state index in [-0.39, 0.29) is 12.5 Å². The first-order valence-electron chi connectivity index (χ1n) is 6.69. The number of carbonyl (C=O) groups is 1. The van der Waals surface area contributed by atoms with Gasteiger partial charge in [0.15, 0.2) is 0 Å². The summed E-state index contributed by atoms with van der Waals surface area (Å²) in [5, 5.41) is 11.7. The highest BCUT2D eigenvalue weighted by atomic mass is 32.1. The van der Waals surface area contributed by atoms with Gasteiger partial charge in [-0.15, -0.1) is 11.3 Å². The van der Waals surface area contributed by atoms with Crippen LogP contribution in [0.4, 0.5) is 0 Å². The molecule has 1 saturated carbocycles. The number of carbonyl (C=O) groups excluding carboxylic acids is 1. The van der Waals surface area contributed by atoms with Crippen LogP contribution in [0.2, 0.25) is 0 Å². The van der Waals surface area contributed by atoms with Crippen LogP contribution in [0.25, 0.3) is 0 Å². The molecule has 0 spiro atoms. The number of nitrogens with one attached hydrogen (secondary N) is 1. The lowest BCUT2D eigenvalue weighted by atomic mass is 9.85. The minimum atomic E-state index is 0.00945. The third kappa shape index (κ3) is 3.82. The Morgan fingerprint density at radius 3 is 3.00 bits per heavy atom. The molecule has 0 aromatic carbocycles. The van der Waals surface area contributed by atoms with Crippen molar-refractivity contribution in [2.24, 2.45) is 5.92 Å². The van der Waals surface area contributed by atoms with Gasteiger partial charge in [0.25, 0.3) is 5.91 Å². The van der Waals surface area contributed by atoms with Gasteiger partial charge in [-0.1, -0.05) is 18.3 Å². The van der Waals surface area contributed by atoms with Crippen molar-refractivity contribution < 1.29 is 9.90 Å². The summed E-state index contributed by atoms with van der Waals surface area (Å²) >= 11 is 1.43. The van der Waals surface area contributed by atoms with E-state index in [1.807, 2.05) is 13.0 Å². The molecule has 2 N–H and O–H groups in total. The number of aliphatic hydroxyl groups is 1. The first kappa shape index (κ1) is 14.1. The Labute approximate surface area is 118 Å². The van der Waals surface area contributed by atoms with Gasteiger partial charge < -0.3 is 10.4 Å². The fourth-order valence-electron chi connectivity index (χ4n) is 1.94. The van der Waals surface area contributed by atoms with E-state index in [4.69, 9.17) is 5.11 Å². The Kier molecular flexibility index (Phi) is 5.00. The molecule has 1 aromatic heterocycles. The van der Waals surface area contributed by atoms with E-state index < -0.39 is 0 Å². The van der Waals surface area contributed by atoms with Gasteiger partial charge in [-0.05, 0) is 37.3 Å². The minimum absolute atomic E-state index is 0.00945. The maximum absolute atomic E-state index is 12.0. The van der Waals surface area contributed by atoms with E-state index in [9.17, 15) is 4.79 Å². The van der Waals surface area contributed by atoms with Gasteiger partial charge in [0.2, 0.25) is 0 Å². The van der Waals surface area contributed by atoms with Crippen LogP contribution in [0.3, 0.4) is 0 Å². The van der Waals surface area contributed by atoms with Gasteiger partial charge in [0.1, 0.15) is 0 Å². The standard InChI is InChI=1S/C15H19NO2S/c1-11-9-14(19-13(11)7-2-3-8-17)15(18)16-10-12-5-4-6-12/h9,12,17H,3-6,8,10H2,1H3,(H,16,18). The fraction of sp³-hybridized carbons (Fsp3) is 0.533. The average molecular weight is 277 g/mol. The van der Waals surface area contributed by atoms with E-state index in [2.05, 4.69) is 17.2 Å². The van der Waals surface area contributed by atoms with Gasteiger partial charge in [-0.2, -0.15) is 0 Å². The van der Waals surface area contributed by atoms with Crippen LogP contribution in [-0.2, 0) is 0 Å². The lowest BCUT2D eigenvalue weighted by Crippen LogP contribution is -2.31. The molecule has 2 rings (SSSR count). The minimum Gasteiger partial charge on any atom is -0.395 e. The second-order valence-corrected chi connectivity index (χ2v) is 5.96. The summed E-state index contributed by atoms with van der Waals surface area (Å²) in [6, 6.07) is 1.89. The van der Waals surface area contributed by atoms with Crippen molar-refractivity contribution in [2.45, 2.75) is 32.6 Å². The molecule has 4 heteroatoms. The monoisotopic (exact) mass is 277 g/mol. The Balaban J connectivity index is 1.94. The number of hydrogen-bond acceptors (Lipinski definition) is 3.